The quantitative estimate of drug-likeness (QED) is 0.480. The number of ether oxygens (including phenoxy) is 2. The Hall–Kier alpha value is -0.433. The summed E-state index contributed by atoms with van der Waals surface area (Å²) < 4.78 is 17.3. The van der Waals surface area contributed by atoms with Crippen molar-refractivity contribution in [3.63, 3.8) is 0 Å². The first-order valence-corrected chi connectivity index (χ1v) is 10.5. The molecule has 0 aromatic rings. The van der Waals surface area contributed by atoms with Crippen LogP contribution < -0.4 is 0 Å². The van der Waals surface area contributed by atoms with E-state index in [1.165, 1.54) is 0 Å². The maximum absolute atomic E-state index is 9.77. The molecular weight excluding hydrogens is 286 g/mol. The van der Waals surface area contributed by atoms with Crippen LogP contribution in [0.4, 0.5) is 0 Å². The summed E-state index contributed by atoms with van der Waals surface area (Å²) in [7, 11) is -1.87. The Morgan fingerprint density at radius 3 is 2.38 bits per heavy atom. The first-order chi connectivity index (χ1) is 9.36. The Labute approximate surface area is 129 Å². The van der Waals surface area contributed by atoms with Gasteiger partial charge in [-0.1, -0.05) is 20.8 Å². The standard InChI is InChI=1S/C15H31NO4Si/c1-11(17)13-12(18-15(5,6)19-13)9-10-16-20-21(7,8)14(2,3)4/h10-13,17H,9H2,1-8H3/b16-10+/t11-,12+,13-/m1/s1. The summed E-state index contributed by atoms with van der Waals surface area (Å²) in [5.41, 5.74) is 0. The predicted molar refractivity (Wildman–Crippen MR) is 86.9 cm³/mol. The first kappa shape index (κ1) is 18.6. The second kappa shape index (κ2) is 6.36. The summed E-state index contributed by atoms with van der Waals surface area (Å²) in [5.74, 6) is -0.666. The van der Waals surface area contributed by atoms with Crippen LogP contribution in [0.1, 0.15) is 48.0 Å². The average Bonchev–Trinajstić information content (AvgIpc) is 2.59. The minimum absolute atomic E-state index is 0.126. The molecule has 0 saturated carbocycles. The molecule has 1 fully saturated rings. The van der Waals surface area contributed by atoms with E-state index in [9.17, 15) is 5.11 Å². The molecule has 21 heavy (non-hydrogen) atoms. The van der Waals surface area contributed by atoms with E-state index in [1.54, 1.807) is 13.1 Å². The number of hydrogen-bond acceptors (Lipinski definition) is 5. The van der Waals surface area contributed by atoms with Gasteiger partial charge in [-0.3, -0.25) is 0 Å². The van der Waals surface area contributed by atoms with Crippen molar-refractivity contribution < 1.29 is 19.1 Å². The number of rotatable bonds is 5. The molecule has 0 aromatic carbocycles. The molecule has 0 radical (unpaired) electrons. The van der Waals surface area contributed by atoms with E-state index >= 15 is 0 Å². The second-order valence-corrected chi connectivity index (χ2v) is 12.5. The fourth-order valence-corrected chi connectivity index (χ4v) is 2.52. The Morgan fingerprint density at radius 2 is 1.90 bits per heavy atom. The highest BCUT2D eigenvalue weighted by Crippen LogP contribution is 2.36. The van der Waals surface area contributed by atoms with Gasteiger partial charge in [-0.2, -0.15) is 0 Å². The molecule has 0 bridgehead atoms. The van der Waals surface area contributed by atoms with Gasteiger partial charge in [0.1, 0.15) is 6.10 Å². The zero-order valence-electron chi connectivity index (χ0n) is 14.6. The number of hydrogen-bond donors (Lipinski definition) is 1. The highest BCUT2D eigenvalue weighted by Gasteiger charge is 2.43. The molecule has 0 aliphatic carbocycles. The second-order valence-electron chi connectivity index (χ2n) is 7.75. The number of aliphatic hydroxyl groups excluding tert-OH is 1. The smallest absolute Gasteiger partial charge is 0.286 e. The normalized spacial score (nSPS) is 28.0. The van der Waals surface area contributed by atoms with Crippen LogP contribution in [0.25, 0.3) is 0 Å². The van der Waals surface area contributed by atoms with Gasteiger partial charge in [-0.25, -0.2) is 0 Å². The lowest BCUT2D eigenvalue weighted by atomic mass is 10.1. The van der Waals surface area contributed by atoms with E-state index in [2.05, 4.69) is 39.0 Å². The third kappa shape index (κ3) is 5.05. The molecule has 1 aliphatic rings. The lowest BCUT2D eigenvalue weighted by molar-refractivity contribution is -0.153. The number of aliphatic hydroxyl groups is 1. The highest BCUT2D eigenvalue weighted by atomic mass is 28.4. The molecule has 1 aliphatic heterocycles. The number of nitrogens with zero attached hydrogens (tertiary/aromatic N) is 1. The number of oxime groups is 1. The summed E-state index contributed by atoms with van der Waals surface area (Å²) >= 11 is 0. The zero-order chi connectivity index (χ0) is 16.5. The molecule has 0 spiro atoms. The van der Waals surface area contributed by atoms with Crippen LogP contribution in [0.5, 0.6) is 0 Å². The van der Waals surface area contributed by atoms with Crippen LogP contribution in [-0.2, 0) is 14.0 Å². The average molecular weight is 318 g/mol. The summed E-state index contributed by atoms with van der Waals surface area (Å²) in [4.78, 5) is 0. The maximum atomic E-state index is 9.77. The monoisotopic (exact) mass is 317 g/mol. The van der Waals surface area contributed by atoms with Crippen LogP contribution in [-0.4, -0.2) is 43.7 Å². The van der Waals surface area contributed by atoms with Gasteiger partial charge in [0.25, 0.3) is 8.32 Å². The van der Waals surface area contributed by atoms with Crippen LogP contribution in [0, 0.1) is 0 Å². The molecule has 124 valence electrons. The van der Waals surface area contributed by atoms with E-state index in [1.807, 2.05) is 13.8 Å². The van der Waals surface area contributed by atoms with Gasteiger partial charge in [0.2, 0.25) is 0 Å². The van der Waals surface area contributed by atoms with Crippen LogP contribution >= 0.6 is 0 Å². The van der Waals surface area contributed by atoms with E-state index in [-0.39, 0.29) is 17.2 Å². The molecule has 6 heteroatoms. The maximum Gasteiger partial charge on any atom is 0.286 e. The van der Waals surface area contributed by atoms with Crippen molar-refractivity contribution in [2.24, 2.45) is 5.16 Å². The summed E-state index contributed by atoms with van der Waals surface area (Å²) in [6, 6.07) is 0. The van der Waals surface area contributed by atoms with Crippen molar-refractivity contribution in [1.29, 1.82) is 0 Å². The molecule has 1 N–H and O–H groups in total. The summed E-state index contributed by atoms with van der Waals surface area (Å²) in [6.45, 7) is 16.3. The van der Waals surface area contributed by atoms with E-state index in [0.29, 0.717) is 6.42 Å². The molecule has 1 rings (SSSR count). The topological polar surface area (TPSA) is 60.3 Å². The summed E-state index contributed by atoms with van der Waals surface area (Å²) in [6.07, 6.45) is 1.18. The van der Waals surface area contributed by atoms with Gasteiger partial charge in [0.15, 0.2) is 5.79 Å². The molecule has 1 saturated heterocycles. The minimum atomic E-state index is -1.87. The van der Waals surface area contributed by atoms with Crippen molar-refractivity contribution in [2.45, 2.75) is 90.2 Å². The summed E-state index contributed by atoms with van der Waals surface area (Å²) in [5, 5.41) is 14.0. The van der Waals surface area contributed by atoms with Crippen molar-refractivity contribution in [1.82, 2.24) is 0 Å². The molecule has 0 amide bonds. The molecule has 1 heterocycles. The van der Waals surface area contributed by atoms with Gasteiger partial charge in [0.05, 0.1) is 12.2 Å². The lowest BCUT2D eigenvalue weighted by Gasteiger charge is -2.33. The zero-order valence-corrected chi connectivity index (χ0v) is 15.6. The lowest BCUT2D eigenvalue weighted by Crippen LogP contribution is -2.39. The Bertz CT molecular complexity index is 374. The van der Waals surface area contributed by atoms with Gasteiger partial charge in [-0.15, -0.1) is 5.16 Å². The Morgan fingerprint density at radius 1 is 1.33 bits per heavy atom. The van der Waals surface area contributed by atoms with Crippen LogP contribution in [0.15, 0.2) is 5.16 Å². The molecular formula is C15H31NO4Si. The van der Waals surface area contributed by atoms with Gasteiger partial charge >= 0.3 is 0 Å². The van der Waals surface area contributed by atoms with Crippen molar-refractivity contribution in [2.75, 3.05) is 0 Å². The first-order valence-electron chi connectivity index (χ1n) is 7.59. The Balaban J connectivity index is 2.56. The van der Waals surface area contributed by atoms with E-state index < -0.39 is 20.2 Å². The van der Waals surface area contributed by atoms with Crippen molar-refractivity contribution in [3.8, 4) is 0 Å². The van der Waals surface area contributed by atoms with Crippen LogP contribution in [0.2, 0.25) is 18.1 Å². The largest absolute Gasteiger partial charge is 0.455 e. The highest BCUT2D eigenvalue weighted by molar-refractivity contribution is 6.74. The van der Waals surface area contributed by atoms with E-state index in [0.717, 1.165) is 0 Å². The minimum Gasteiger partial charge on any atom is -0.455 e. The molecule has 0 unspecified atom stereocenters. The van der Waals surface area contributed by atoms with Gasteiger partial charge in [-0.05, 0) is 38.9 Å². The fraction of sp³-hybridized carbons (Fsp3) is 0.933. The SMILES string of the molecule is C[C@@H](O)[C@H]1OC(C)(C)O[C@H]1C/C=N/O[Si](C)(C)C(C)(C)C. The van der Waals surface area contributed by atoms with Gasteiger partial charge in [0, 0.05) is 12.6 Å². The van der Waals surface area contributed by atoms with Crippen LogP contribution in [0.3, 0.4) is 0 Å². The molecule has 5 nitrogen and oxygen atoms in total. The molecule has 3 atom stereocenters. The van der Waals surface area contributed by atoms with Gasteiger partial charge < -0.3 is 19.1 Å². The Kier molecular flexibility index (Phi) is 5.64. The fourth-order valence-electron chi connectivity index (χ4n) is 1.91. The van der Waals surface area contributed by atoms with Crippen molar-refractivity contribution in [3.05, 3.63) is 0 Å². The third-order valence-electron chi connectivity index (χ3n) is 4.20. The van der Waals surface area contributed by atoms with Crippen molar-refractivity contribution >= 4 is 14.5 Å². The van der Waals surface area contributed by atoms with E-state index in [4.69, 9.17) is 14.0 Å². The molecule has 0 aromatic heterocycles. The predicted octanol–water partition coefficient (Wildman–Crippen LogP) is 3.29. The third-order valence-corrected chi connectivity index (χ3v) is 8.37.